The first-order chi connectivity index (χ1) is 11.1. The zero-order chi connectivity index (χ0) is 16.4. The highest BCUT2D eigenvalue weighted by Crippen LogP contribution is 2.36. The summed E-state index contributed by atoms with van der Waals surface area (Å²) in [6, 6.07) is 11.4. The van der Waals surface area contributed by atoms with E-state index in [1.807, 2.05) is 36.4 Å². The number of rotatable bonds is 3. The van der Waals surface area contributed by atoms with E-state index >= 15 is 0 Å². The number of hydrogen-bond acceptors (Lipinski definition) is 3. The maximum absolute atomic E-state index is 12.9. The molecule has 118 valence electrons. The Morgan fingerprint density at radius 3 is 2.70 bits per heavy atom. The van der Waals surface area contributed by atoms with E-state index in [-0.39, 0.29) is 18.2 Å². The van der Waals surface area contributed by atoms with Gasteiger partial charge in [0.25, 0.3) is 0 Å². The maximum Gasteiger partial charge on any atom is 0.230 e. The molecule has 1 aliphatic heterocycles. The Bertz CT molecular complexity index is 730. The number of hydrogen-bond donors (Lipinski definition) is 0. The molecule has 0 bridgehead atoms. The molecular weight excluding hydrogens is 290 g/mol. The van der Waals surface area contributed by atoms with Gasteiger partial charge in [-0.05, 0) is 29.3 Å². The molecule has 1 aromatic carbocycles. The number of fused-ring (bicyclic) bond motifs is 1. The molecule has 2 aromatic rings. The number of anilines is 1. The van der Waals surface area contributed by atoms with Gasteiger partial charge < -0.3 is 9.80 Å². The highest BCUT2D eigenvalue weighted by atomic mass is 16.2. The smallest absolute Gasteiger partial charge is 0.230 e. The Morgan fingerprint density at radius 2 is 1.96 bits per heavy atom. The van der Waals surface area contributed by atoms with Gasteiger partial charge in [-0.3, -0.25) is 14.6 Å². The lowest BCUT2D eigenvalue weighted by Gasteiger charge is -2.33. The van der Waals surface area contributed by atoms with Crippen molar-refractivity contribution in [3.63, 3.8) is 0 Å². The molecule has 0 N–H and O–H groups in total. The minimum Gasteiger partial charge on any atom is -0.341 e. The molecule has 0 spiro atoms. The molecule has 5 heteroatoms. The fourth-order valence-corrected chi connectivity index (χ4v) is 2.97. The summed E-state index contributed by atoms with van der Waals surface area (Å²) in [4.78, 5) is 32.3. The second-order valence-electron chi connectivity index (χ2n) is 5.82. The van der Waals surface area contributed by atoms with Gasteiger partial charge in [-0.1, -0.05) is 18.2 Å². The summed E-state index contributed by atoms with van der Waals surface area (Å²) in [7, 11) is 3.52. The number of nitrogens with zero attached hydrogens (tertiary/aromatic N) is 3. The average molecular weight is 309 g/mol. The van der Waals surface area contributed by atoms with Crippen molar-refractivity contribution in [1.82, 2.24) is 9.88 Å². The van der Waals surface area contributed by atoms with E-state index in [4.69, 9.17) is 0 Å². The van der Waals surface area contributed by atoms with E-state index < -0.39 is 5.92 Å². The van der Waals surface area contributed by atoms with Crippen molar-refractivity contribution in [3.05, 3.63) is 59.9 Å². The Kier molecular flexibility index (Phi) is 4.10. The molecular formula is C18H19N3O2. The predicted octanol–water partition coefficient (Wildman–Crippen LogP) is 2.19. The molecule has 1 aromatic heterocycles. The van der Waals surface area contributed by atoms with E-state index in [0.29, 0.717) is 6.54 Å². The highest BCUT2D eigenvalue weighted by Gasteiger charge is 2.34. The zero-order valence-electron chi connectivity index (χ0n) is 13.3. The SMILES string of the molecule is CN(Cc1ccncc1)C(=O)C1CC(=O)N(C)c2ccccc21. The number of aromatic nitrogens is 1. The van der Waals surface area contributed by atoms with Gasteiger partial charge in [-0.15, -0.1) is 0 Å². The van der Waals surface area contributed by atoms with Crippen LogP contribution in [-0.4, -0.2) is 35.8 Å². The van der Waals surface area contributed by atoms with Crippen LogP contribution in [0.2, 0.25) is 0 Å². The van der Waals surface area contributed by atoms with Crippen LogP contribution in [0.3, 0.4) is 0 Å². The van der Waals surface area contributed by atoms with E-state index in [1.165, 1.54) is 0 Å². The topological polar surface area (TPSA) is 53.5 Å². The number of carbonyl (C=O) groups excluding carboxylic acids is 2. The Balaban J connectivity index is 1.84. The van der Waals surface area contributed by atoms with Gasteiger partial charge >= 0.3 is 0 Å². The van der Waals surface area contributed by atoms with E-state index in [2.05, 4.69) is 4.98 Å². The van der Waals surface area contributed by atoms with E-state index in [1.54, 1.807) is 36.3 Å². The van der Waals surface area contributed by atoms with Crippen molar-refractivity contribution in [3.8, 4) is 0 Å². The molecule has 5 nitrogen and oxygen atoms in total. The summed E-state index contributed by atoms with van der Waals surface area (Å²) in [5, 5.41) is 0. The lowest BCUT2D eigenvalue weighted by molar-refractivity contribution is -0.134. The number of amides is 2. The molecule has 1 unspecified atom stereocenters. The van der Waals surface area contributed by atoms with Crippen molar-refractivity contribution in [2.24, 2.45) is 0 Å². The third-order valence-electron chi connectivity index (χ3n) is 4.27. The summed E-state index contributed by atoms with van der Waals surface area (Å²) in [5.41, 5.74) is 2.75. The zero-order valence-corrected chi connectivity index (χ0v) is 13.3. The first-order valence-electron chi connectivity index (χ1n) is 7.57. The van der Waals surface area contributed by atoms with Crippen LogP contribution in [-0.2, 0) is 16.1 Å². The monoisotopic (exact) mass is 309 g/mol. The fraction of sp³-hybridized carbons (Fsp3) is 0.278. The lowest BCUT2D eigenvalue weighted by atomic mass is 9.88. The van der Waals surface area contributed by atoms with Crippen LogP contribution in [0.1, 0.15) is 23.5 Å². The van der Waals surface area contributed by atoms with Gasteiger partial charge in [0.15, 0.2) is 0 Å². The minimum absolute atomic E-state index is 0.0284. The number of carbonyl (C=O) groups is 2. The standard InChI is InChI=1S/C18H19N3O2/c1-20(12-13-7-9-19-10-8-13)18(23)15-11-17(22)21(2)16-6-4-3-5-14(15)16/h3-10,15H,11-12H2,1-2H3. The van der Waals surface area contributed by atoms with Crippen LogP contribution < -0.4 is 4.90 Å². The Hall–Kier alpha value is -2.69. The molecule has 23 heavy (non-hydrogen) atoms. The van der Waals surface area contributed by atoms with Gasteiger partial charge in [0.1, 0.15) is 0 Å². The van der Waals surface area contributed by atoms with Crippen LogP contribution in [0, 0.1) is 0 Å². The fourth-order valence-electron chi connectivity index (χ4n) is 2.97. The predicted molar refractivity (Wildman–Crippen MR) is 87.9 cm³/mol. The number of pyridine rings is 1. The molecule has 1 aliphatic rings. The largest absolute Gasteiger partial charge is 0.341 e. The Labute approximate surface area is 135 Å². The van der Waals surface area contributed by atoms with Crippen LogP contribution in [0.4, 0.5) is 5.69 Å². The van der Waals surface area contributed by atoms with Crippen molar-refractivity contribution >= 4 is 17.5 Å². The third-order valence-corrected chi connectivity index (χ3v) is 4.27. The number of para-hydroxylation sites is 1. The molecule has 0 saturated carbocycles. The van der Waals surface area contributed by atoms with Gasteiger partial charge in [0, 0.05) is 45.1 Å². The van der Waals surface area contributed by atoms with Gasteiger partial charge in [-0.2, -0.15) is 0 Å². The highest BCUT2D eigenvalue weighted by molar-refractivity contribution is 6.02. The lowest BCUT2D eigenvalue weighted by Crippen LogP contribution is -2.39. The van der Waals surface area contributed by atoms with E-state index in [0.717, 1.165) is 16.8 Å². The maximum atomic E-state index is 12.9. The second-order valence-corrected chi connectivity index (χ2v) is 5.82. The van der Waals surface area contributed by atoms with Crippen molar-refractivity contribution < 1.29 is 9.59 Å². The summed E-state index contributed by atoms with van der Waals surface area (Å²) in [5.74, 6) is -0.475. The minimum atomic E-state index is -0.415. The Morgan fingerprint density at radius 1 is 1.26 bits per heavy atom. The van der Waals surface area contributed by atoms with Crippen molar-refractivity contribution in [2.75, 3.05) is 19.0 Å². The van der Waals surface area contributed by atoms with Crippen molar-refractivity contribution in [2.45, 2.75) is 18.9 Å². The van der Waals surface area contributed by atoms with Crippen LogP contribution in [0.15, 0.2) is 48.8 Å². The van der Waals surface area contributed by atoms with Gasteiger partial charge in [0.2, 0.25) is 11.8 Å². The van der Waals surface area contributed by atoms with Crippen molar-refractivity contribution in [1.29, 1.82) is 0 Å². The second kappa shape index (κ2) is 6.20. The molecule has 0 fully saturated rings. The summed E-state index contributed by atoms with van der Waals surface area (Å²) in [6.45, 7) is 0.504. The van der Waals surface area contributed by atoms with Crippen LogP contribution >= 0.6 is 0 Å². The molecule has 0 radical (unpaired) electrons. The summed E-state index contributed by atoms with van der Waals surface area (Å²) < 4.78 is 0. The summed E-state index contributed by atoms with van der Waals surface area (Å²) >= 11 is 0. The number of likely N-dealkylation sites (N-methyl/N-ethyl adjacent to an activating group) is 1. The molecule has 2 heterocycles. The molecule has 1 atom stereocenters. The van der Waals surface area contributed by atoms with Gasteiger partial charge in [0.05, 0.1) is 5.92 Å². The third kappa shape index (κ3) is 2.95. The molecule has 0 aliphatic carbocycles. The first kappa shape index (κ1) is 15.2. The first-order valence-corrected chi connectivity index (χ1v) is 7.57. The molecule has 0 saturated heterocycles. The van der Waals surface area contributed by atoms with Crippen LogP contribution in [0.25, 0.3) is 0 Å². The number of benzene rings is 1. The normalized spacial score (nSPS) is 16.9. The van der Waals surface area contributed by atoms with Gasteiger partial charge in [-0.25, -0.2) is 0 Å². The van der Waals surface area contributed by atoms with Crippen LogP contribution in [0.5, 0.6) is 0 Å². The quantitative estimate of drug-likeness (QED) is 0.873. The molecule has 3 rings (SSSR count). The van der Waals surface area contributed by atoms with E-state index in [9.17, 15) is 9.59 Å². The average Bonchev–Trinajstić information content (AvgIpc) is 2.58. The molecule has 2 amide bonds. The summed E-state index contributed by atoms with van der Waals surface area (Å²) in [6.07, 6.45) is 3.64.